The van der Waals surface area contributed by atoms with Gasteiger partial charge in [0.1, 0.15) is 24.2 Å². The molecule has 1 unspecified atom stereocenters. The van der Waals surface area contributed by atoms with Crippen LogP contribution in [0.1, 0.15) is 36.1 Å². The molecule has 8 nitrogen and oxygen atoms in total. The number of carboxylic acid groups (broad SMARTS) is 1. The zero-order chi connectivity index (χ0) is 20.8. The number of nitrogens with one attached hydrogen (secondary N) is 2. The van der Waals surface area contributed by atoms with Gasteiger partial charge in [-0.3, -0.25) is 10.1 Å². The fraction of sp³-hybridized carbons (Fsp3) is 0.333. The third kappa shape index (κ3) is 4.97. The summed E-state index contributed by atoms with van der Waals surface area (Å²) in [6.07, 6.45) is 6.67. The average molecular weight is 400 g/mol. The van der Waals surface area contributed by atoms with E-state index in [2.05, 4.69) is 17.2 Å². The molecule has 0 bridgehead atoms. The second kappa shape index (κ2) is 9.29. The zero-order valence-corrected chi connectivity index (χ0v) is 16.2. The summed E-state index contributed by atoms with van der Waals surface area (Å²) in [5.74, 6) is -0.269. The molecule has 1 atom stereocenters. The highest BCUT2D eigenvalue weighted by molar-refractivity contribution is 5.86. The molecule has 0 saturated heterocycles. The zero-order valence-electron chi connectivity index (χ0n) is 16.2. The summed E-state index contributed by atoms with van der Waals surface area (Å²) >= 11 is 0. The Balaban J connectivity index is 1.59. The lowest BCUT2D eigenvalue weighted by molar-refractivity contribution is -0.138. The summed E-state index contributed by atoms with van der Waals surface area (Å²) in [6, 6.07) is 2.50. The van der Waals surface area contributed by atoms with Gasteiger partial charge in [0.15, 0.2) is 0 Å². The highest BCUT2D eigenvalue weighted by Gasteiger charge is 2.32. The maximum absolute atomic E-state index is 11.6. The Bertz CT molecular complexity index is 893. The van der Waals surface area contributed by atoms with Crippen LogP contribution in [0.5, 0.6) is 0 Å². The number of ether oxygens (including phenoxy) is 2. The van der Waals surface area contributed by atoms with Crippen molar-refractivity contribution in [2.75, 3.05) is 13.2 Å². The largest absolute Gasteiger partial charge is 0.486 e. The molecule has 8 heteroatoms. The van der Waals surface area contributed by atoms with Crippen LogP contribution < -0.4 is 10.6 Å². The van der Waals surface area contributed by atoms with Gasteiger partial charge in [-0.05, 0) is 49.3 Å². The second-order valence-electron chi connectivity index (χ2n) is 6.53. The van der Waals surface area contributed by atoms with Crippen LogP contribution in [0.25, 0.3) is 0 Å². The maximum Gasteiger partial charge on any atom is 0.374 e. The van der Waals surface area contributed by atoms with E-state index in [1.165, 1.54) is 0 Å². The summed E-state index contributed by atoms with van der Waals surface area (Å²) in [5, 5.41) is 15.5. The number of esters is 1. The first-order chi connectivity index (χ1) is 14.0. The fourth-order valence-corrected chi connectivity index (χ4v) is 3.19. The number of furan rings is 1. The van der Waals surface area contributed by atoms with Crippen molar-refractivity contribution in [1.82, 2.24) is 10.6 Å². The van der Waals surface area contributed by atoms with E-state index in [-0.39, 0.29) is 19.0 Å². The average Bonchev–Trinajstić information content (AvgIpc) is 3.34. The SMILES string of the molecule is C=C/C(=C\C=C1/CC2=C(N1)C(C(=O)O)NCC2)OCc1ccc(C(=O)OCC)o1. The number of carboxylic acids is 1. The van der Waals surface area contributed by atoms with E-state index in [0.717, 1.165) is 23.4 Å². The number of hydrogen-bond donors (Lipinski definition) is 3. The molecule has 29 heavy (non-hydrogen) atoms. The van der Waals surface area contributed by atoms with Crippen LogP contribution in [0, 0.1) is 0 Å². The summed E-state index contributed by atoms with van der Waals surface area (Å²) in [4.78, 5) is 23.0. The molecule has 0 spiro atoms. The lowest BCUT2D eigenvalue weighted by Gasteiger charge is -2.22. The third-order valence-electron chi connectivity index (χ3n) is 4.56. The number of carbonyl (C=O) groups excluding carboxylic acids is 1. The molecule has 3 N–H and O–H groups in total. The Kier molecular flexibility index (Phi) is 6.56. The monoisotopic (exact) mass is 400 g/mol. The van der Waals surface area contributed by atoms with Crippen molar-refractivity contribution in [3.63, 3.8) is 0 Å². The summed E-state index contributed by atoms with van der Waals surface area (Å²) < 4.78 is 16.0. The van der Waals surface area contributed by atoms with Crippen molar-refractivity contribution in [3.8, 4) is 0 Å². The smallest absolute Gasteiger partial charge is 0.374 e. The Morgan fingerprint density at radius 1 is 1.38 bits per heavy atom. The Morgan fingerprint density at radius 3 is 2.93 bits per heavy atom. The molecule has 3 heterocycles. The molecule has 3 rings (SSSR count). The van der Waals surface area contributed by atoms with Crippen molar-refractivity contribution in [3.05, 3.63) is 71.2 Å². The Labute approximate surface area is 168 Å². The molecule has 2 aliphatic rings. The topological polar surface area (TPSA) is 110 Å². The van der Waals surface area contributed by atoms with Crippen LogP contribution in [0.15, 0.2) is 64.1 Å². The molecular weight excluding hydrogens is 376 g/mol. The lowest BCUT2D eigenvalue weighted by atomic mass is 10.0. The van der Waals surface area contributed by atoms with Gasteiger partial charge in [0.25, 0.3) is 0 Å². The molecule has 0 aliphatic carbocycles. The molecule has 0 aromatic carbocycles. The normalized spacial score (nSPS) is 20.2. The van der Waals surface area contributed by atoms with Gasteiger partial charge < -0.3 is 24.3 Å². The first-order valence-corrected chi connectivity index (χ1v) is 9.38. The number of aliphatic carboxylic acids is 1. The first kappa shape index (κ1) is 20.5. The van der Waals surface area contributed by atoms with Crippen LogP contribution in [-0.4, -0.2) is 36.2 Å². The van der Waals surface area contributed by atoms with Crippen molar-refractivity contribution in [2.24, 2.45) is 0 Å². The quantitative estimate of drug-likeness (QED) is 0.347. The van der Waals surface area contributed by atoms with Crippen molar-refractivity contribution >= 4 is 11.9 Å². The van der Waals surface area contributed by atoms with Crippen molar-refractivity contribution < 1.29 is 28.6 Å². The Hall–Kier alpha value is -3.26. The predicted molar refractivity (Wildman–Crippen MR) is 105 cm³/mol. The molecule has 2 aliphatic heterocycles. The molecule has 154 valence electrons. The number of hydrogen-bond acceptors (Lipinski definition) is 7. The van der Waals surface area contributed by atoms with Crippen molar-refractivity contribution in [1.29, 1.82) is 0 Å². The van der Waals surface area contributed by atoms with Gasteiger partial charge in [0.05, 0.1) is 6.61 Å². The van der Waals surface area contributed by atoms with E-state index >= 15 is 0 Å². The molecule has 0 fully saturated rings. The van der Waals surface area contributed by atoms with E-state index in [9.17, 15) is 14.7 Å². The third-order valence-corrected chi connectivity index (χ3v) is 4.56. The minimum atomic E-state index is -0.891. The van der Waals surface area contributed by atoms with Gasteiger partial charge in [-0.1, -0.05) is 6.58 Å². The fourth-order valence-electron chi connectivity index (χ4n) is 3.19. The van der Waals surface area contributed by atoms with Crippen molar-refractivity contribution in [2.45, 2.75) is 32.4 Å². The van der Waals surface area contributed by atoms with E-state index in [0.29, 0.717) is 24.5 Å². The van der Waals surface area contributed by atoms with Gasteiger partial charge in [-0.25, -0.2) is 4.79 Å². The molecule has 1 aromatic heterocycles. The van der Waals surface area contributed by atoms with Crippen LogP contribution in [0.2, 0.25) is 0 Å². The van der Waals surface area contributed by atoms with Gasteiger partial charge in [0.2, 0.25) is 5.76 Å². The summed E-state index contributed by atoms with van der Waals surface area (Å²) in [5.41, 5.74) is 2.74. The van der Waals surface area contributed by atoms with Crippen LogP contribution in [0.3, 0.4) is 0 Å². The van der Waals surface area contributed by atoms with Gasteiger partial charge in [-0.2, -0.15) is 0 Å². The van der Waals surface area contributed by atoms with Gasteiger partial charge >= 0.3 is 11.9 Å². The van der Waals surface area contributed by atoms with E-state index < -0.39 is 18.0 Å². The molecule has 0 amide bonds. The number of rotatable bonds is 8. The van der Waals surface area contributed by atoms with Crippen LogP contribution in [0.4, 0.5) is 0 Å². The second-order valence-corrected chi connectivity index (χ2v) is 6.53. The van der Waals surface area contributed by atoms with Crippen LogP contribution in [-0.2, 0) is 20.9 Å². The standard InChI is InChI=1S/C21H24N2O6/c1-3-15(28-12-16-7-8-17(29-16)21(26)27-4-2)6-5-14-11-13-9-10-22-19(20(24)25)18(13)23-14/h3,5-8,19,22-23H,1,4,9-12H2,2H3,(H,24,25)/b14-5+,15-6+. The number of carbonyl (C=O) groups is 2. The molecule has 0 saturated carbocycles. The van der Waals surface area contributed by atoms with E-state index in [4.69, 9.17) is 13.9 Å². The van der Waals surface area contributed by atoms with E-state index in [1.54, 1.807) is 31.2 Å². The minimum Gasteiger partial charge on any atom is -0.486 e. The summed E-state index contributed by atoms with van der Waals surface area (Å²) in [7, 11) is 0. The lowest BCUT2D eigenvalue weighted by Crippen LogP contribution is -2.44. The van der Waals surface area contributed by atoms with Gasteiger partial charge in [-0.15, -0.1) is 0 Å². The van der Waals surface area contributed by atoms with Crippen LogP contribution >= 0.6 is 0 Å². The van der Waals surface area contributed by atoms with E-state index in [1.807, 2.05) is 6.08 Å². The minimum absolute atomic E-state index is 0.130. The van der Waals surface area contributed by atoms with Gasteiger partial charge in [0, 0.05) is 24.4 Å². The summed E-state index contributed by atoms with van der Waals surface area (Å²) in [6.45, 7) is 6.52. The molecule has 1 aromatic rings. The molecular formula is C21H24N2O6. The molecule has 0 radical (unpaired) electrons. The first-order valence-electron chi connectivity index (χ1n) is 9.38. The maximum atomic E-state index is 11.6. The predicted octanol–water partition coefficient (Wildman–Crippen LogP) is 2.62. The highest BCUT2D eigenvalue weighted by atomic mass is 16.5. The Morgan fingerprint density at radius 2 is 2.21 bits per heavy atom. The highest BCUT2D eigenvalue weighted by Crippen LogP contribution is 2.29. The number of allylic oxidation sites excluding steroid dienone is 4.